The Labute approximate surface area is 328 Å². The van der Waals surface area contributed by atoms with Crippen molar-refractivity contribution in [2.75, 3.05) is 52.9 Å². The molecule has 4 spiro atoms. The molecule has 4 aliphatic heterocycles. The van der Waals surface area contributed by atoms with Crippen LogP contribution in [0.25, 0.3) is 0 Å². The van der Waals surface area contributed by atoms with E-state index in [9.17, 15) is 4.79 Å². The molecule has 8 aliphatic carbocycles. The van der Waals surface area contributed by atoms with Crippen LogP contribution in [0.4, 0.5) is 0 Å². The summed E-state index contributed by atoms with van der Waals surface area (Å²) in [5.74, 6) is 2.04. The minimum Gasteiger partial charge on any atom is -0.347 e. The van der Waals surface area contributed by atoms with Crippen LogP contribution in [-0.2, 0) is 42.7 Å². The Morgan fingerprint density at radius 1 is 0.491 bits per heavy atom. The van der Waals surface area contributed by atoms with Gasteiger partial charge in [0, 0.05) is 55.3 Å². The van der Waals surface area contributed by atoms with Crippen molar-refractivity contribution in [2.45, 2.75) is 147 Å². The predicted molar refractivity (Wildman–Crippen MR) is 202 cm³/mol. The van der Waals surface area contributed by atoms with Gasteiger partial charge in [-0.1, -0.05) is 44.9 Å². The molecule has 12 aliphatic rings. The minimum absolute atomic E-state index is 0.0460. The summed E-state index contributed by atoms with van der Waals surface area (Å²) in [6, 6.07) is 0. The van der Waals surface area contributed by atoms with Gasteiger partial charge >= 0.3 is 0 Å². The van der Waals surface area contributed by atoms with Crippen LogP contribution in [0.5, 0.6) is 0 Å². The second-order valence-electron chi connectivity index (χ2n) is 20.9. The highest BCUT2D eigenvalue weighted by Gasteiger charge is 2.70. The van der Waals surface area contributed by atoms with E-state index >= 15 is 0 Å². The van der Waals surface area contributed by atoms with Crippen molar-refractivity contribution in [1.29, 1.82) is 0 Å². The molecule has 6 saturated carbocycles. The molecule has 9 nitrogen and oxygen atoms in total. The molecular weight excluding hydrogens is 696 g/mol. The van der Waals surface area contributed by atoms with Crippen molar-refractivity contribution < 1.29 is 42.7 Å². The highest BCUT2D eigenvalue weighted by Crippen LogP contribution is 2.71. The zero-order valence-corrected chi connectivity index (χ0v) is 34.1. The van der Waals surface area contributed by atoms with Gasteiger partial charge in [0.15, 0.2) is 28.9 Å². The van der Waals surface area contributed by atoms with Gasteiger partial charge in [-0.15, -0.1) is 0 Å². The zero-order valence-electron chi connectivity index (χ0n) is 34.1. The number of hydrogen-bond donors (Lipinski definition) is 0. The summed E-state index contributed by atoms with van der Waals surface area (Å²) in [5.41, 5.74) is 3.47. The topological polar surface area (TPSA) is 90.9 Å². The van der Waals surface area contributed by atoms with Gasteiger partial charge in [-0.2, -0.15) is 0 Å². The van der Waals surface area contributed by atoms with E-state index in [1.165, 1.54) is 37.7 Å². The molecule has 10 fully saturated rings. The van der Waals surface area contributed by atoms with Crippen molar-refractivity contribution in [2.24, 2.45) is 57.2 Å². The molecule has 0 N–H and O–H groups in total. The number of carbonyl (C=O) groups is 1. The lowest BCUT2D eigenvalue weighted by molar-refractivity contribution is -0.243. The molecule has 0 aromatic carbocycles. The molecule has 0 aromatic rings. The number of ether oxygens (including phenoxy) is 8. The second kappa shape index (κ2) is 12.4. The summed E-state index contributed by atoms with van der Waals surface area (Å²) in [4.78, 5) is 13.5. The normalized spacial score (nSPS) is 49.1. The van der Waals surface area contributed by atoms with Crippen LogP contribution < -0.4 is 0 Å². The van der Waals surface area contributed by atoms with Crippen LogP contribution in [0, 0.1) is 57.2 Å². The van der Waals surface area contributed by atoms with Crippen LogP contribution in [0.1, 0.15) is 124 Å². The average molecular weight is 763 g/mol. The van der Waals surface area contributed by atoms with Crippen molar-refractivity contribution in [3.8, 4) is 0 Å². The second-order valence-corrected chi connectivity index (χ2v) is 20.9. The van der Waals surface area contributed by atoms with Crippen LogP contribution in [-0.4, -0.2) is 81.8 Å². The molecule has 0 amide bonds. The molecular formula is C46H66O9. The number of rotatable bonds is 0. The molecule has 0 radical (unpaired) electrons. The lowest BCUT2D eigenvalue weighted by Gasteiger charge is -2.59. The summed E-state index contributed by atoms with van der Waals surface area (Å²) in [5, 5.41) is 0. The molecule has 0 bridgehead atoms. The van der Waals surface area contributed by atoms with E-state index in [0.29, 0.717) is 49.5 Å². The summed E-state index contributed by atoms with van der Waals surface area (Å²) in [6.45, 7) is 15.6. The maximum atomic E-state index is 13.5. The van der Waals surface area contributed by atoms with E-state index in [-0.39, 0.29) is 33.7 Å². The molecule has 4 heterocycles. The fraction of sp³-hybridized carbons (Fsp3) is 0.891. The Morgan fingerprint density at radius 3 is 1.53 bits per heavy atom. The fourth-order valence-corrected chi connectivity index (χ4v) is 16.2. The Kier molecular flexibility index (Phi) is 8.34. The first-order chi connectivity index (χ1) is 26.4. The van der Waals surface area contributed by atoms with E-state index in [4.69, 9.17) is 37.9 Å². The van der Waals surface area contributed by atoms with Gasteiger partial charge in [0.05, 0.1) is 52.9 Å². The summed E-state index contributed by atoms with van der Waals surface area (Å²) >= 11 is 0. The number of carbonyl (C=O) groups excluding carboxylic acids is 1. The van der Waals surface area contributed by atoms with E-state index in [2.05, 4.69) is 33.8 Å². The van der Waals surface area contributed by atoms with Crippen LogP contribution in [0.3, 0.4) is 0 Å². The van der Waals surface area contributed by atoms with Crippen LogP contribution in [0.2, 0.25) is 0 Å². The van der Waals surface area contributed by atoms with Gasteiger partial charge in [-0.3, -0.25) is 4.79 Å². The fourth-order valence-electron chi connectivity index (χ4n) is 16.2. The van der Waals surface area contributed by atoms with Gasteiger partial charge < -0.3 is 37.9 Å². The monoisotopic (exact) mass is 762 g/mol. The van der Waals surface area contributed by atoms with Gasteiger partial charge in [0.25, 0.3) is 0 Å². The van der Waals surface area contributed by atoms with Crippen molar-refractivity contribution in [3.05, 3.63) is 23.3 Å². The minimum atomic E-state index is -0.468. The van der Waals surface area contributed by atoms with E-state index in [1.807, 2.05) is 6.08 Å². The first-order valence-electron chi connectivity index (χ1n) is 22.5. The molecule has 10 atom stereocenters. The zero-order chi connectivity index (χ0) is 37.5. The Morgan fingerprint density at radius 2 is 0.945 bits per heavy atom. The average Bonchev–Trinajstić information content (AvgIpc) is 4.04. The maximum Gasteiger partial charge on any atom is 0.174 e. The summed E-state index contributed by atoms with van der Waals surface area (Å²) in [6.07, 6.45) is 20.9. The van der Waals surface area contributed by atoms with Crippen molar-refractivity contribution in [3.63, 3.8) is 0 Å². The van der Waals surface area contributed by atoms with E-state index in [0.717, 1.165) is 108 Å². The Hall–Kier alpha value is -1.17. The van der Waals surface area contributed by atoms with Gasteiger partial charge in [-0.05, 0) is 104 Å². The summed E-state index contributed by atoms with van der Waals surface area (Å²) in [7, 11) is 0. The smallest absolute Gasteiger partial charge is 0.174 e. The van der Waals surface area contributed by atoms with Crippen LogP contribution >= 0.6 is 0 Å². The van der Waals surface area contributed by atoms with Gasteiger partial charge in [0.2, 0.25) is 0 Å². The Balaban J connectivity index is 0.000000128. The first kappa shape index (κ1) is 36.9. The molecule has 6 unspecified atom stereocenters. The molecule has 55 heavy (non-hydrogen) atoms. The van der Waals surface area contributed by atoms with E-state index in [1.54, 1.807) is 5.57 Å². The lowest BCUT2D eigenvalue weighted by atomic mass is 9.47. The molecule has 9 heteroatoms. The molecule has 0 aromatic heterocycles. The van der Waals surface area contributed by atoms with Crippen LogP contribution in [0.15, 0.2) is 23.3 Å². The molecule has 304 valence electrons. The quantitative estimate of drug-likeness (QED) is 0.228. The third-order valence-electron chi connectivity index (χ3n) is 19.3. The van der Waals surface area contributed by atoms with Crippen molar-refractivity contribution in [1.82, 2.24) is 0 Å². The van der Waals surface area contributed by atoms with Gasteiger partial charge in [-0.25, -0.2) is 0 Å². The SMILES string of the molecule is C[C@]12CCC3(CC1=CC(=O)C1C2CC[C@@]2(C)C1CCC21OCCO1)OCCO3.C[C@]12CCC3(CC1=CCC1C2CC[C@@]2(C)C1CCC21OCCO1)OCCO3. The number of hydrogen-bond acceptors (Lipinski definition) is 9. The standard InChI is InChI=1S/C23H32O5.C23H34O4/c1-20-7-8-22(25-9-10-26-22)14-15(20)13-18(24)19-16(20)3-5-21(2)17(19)4-6-23(21)27-11-12-28-23;1-20-9-10-22(24-11-12-25-22)15-16(20)3-4-17-18(20)5-7-21(2)19(17)6-8-23(21)26-13-14-27-23/h13,16-17,19H,3-12,14H2,1-2H3;3,17-19H,4-15H2,1-2H3/t16?,17?,19?,20-,21-;17?,18?,19?,20-,21-/m00/s1. The number of fused-ring (bicyclic) bond motifs is 12. The number of ketones is 1. The molecule has 4 saturated heterocycles. The maximum absolute atomic E-state index is 13.5. The lowest BCUT2D eigenvalue weighted by Crippen LogP contribution is -2.57. The Bertz CT molecular complexity index is 1630. The van der Waals surface area contributed by atoms with Gasteiger partial charge in [0.1, 0.15) is 0 Å². The summed E-state index contributed by atoms with van der Waals surface area (Å²) < 4.78 is 49.1. The third-order valence-corrected chi connectivity index (χ3v) is 19.3. The largest absolute Gasteiger partial charge is 0.347 e. The molecule has 12 rings (SSSR count). The predicted octanol–water partition coefficient (Wildman–Crippen LogP) is 8.05. The highest BCUT2D eigenvalue weighted by molar-refractivity contribution is 5.94. The third kappa shape index (κ3) is 4.96. The highest BCUT2D eigenvalue weighted by atomic mass is 16.8. The van der Waals surface area contributed by atoms with E-state index < -0.39 is 11.6 Å². The first-order valence-corrected chi connectivity index (χ1v) is 22.5. The number of allylic oxidation sites excluding steroid dienone is 2. The van der Waals surface area contributed by atoms with Crippen molar-refractivity contribution >= 4 is 5.78 Å².